The summed E-state index contributed by atoms with van der Waals surface area (Å²) in [6.45, 7) is 1.99. The number of benzene rings is 1. The highest BCUT2D eigenvalue weighted by Gasteiger charge is 2.43. The average Bonchev–Trinajstić information content (AvgIpc) is 2.38. The molecule has 1 aromatic rings. The second-order valence-electron chi connectivity index (χ2n) is 5.64. The van der Waals surface area contributed by atoms with Crippen molar-refractivity contribution in [1.82, 2.24) is 5.32 Å². The van der Waals surface area contributed by atoms with Crippen LogP contribution in [-0.2, 0) is 4.79 Å². The maximum atomic E-state index is 12.4. The third kappa shape index (κ3) is 3.33. The van der Waals surface area contributed by atoms with Crippen molar-refractivity contribution >= 4 is 35.1 Å². The quantitative estimate of drug-likeness (QED) is 0.887. The Labute approximate surface area is 133 Å². The SMILES string of the molecule is CC1CCCC(NC(=O)c2c(Cl)cccc2Cl)(C(=O)O)C1. The molecule has 0 aliphatic heterocycles. The van der Waals surface area contributed by atoms with Crippen LogP contribution in [0.1, 0.15) is 43.0 Å². The first-order chi connectivity index (χ1) is 9.85. The summed E-state index contributed by atoms with van der Waals surface area (Å²) in [5.41, 5.74) is -1.11. The highest BCUT2D eigenvalue weighted by Crippen LogP contribution is 2.34. The minimum absolute atomic E-state index is 0.125. The molecule has 1 aliphatic rings. The van der Waals surface area contributed by atoms with Gasteiger partial charge in [-0.1, -0.05) is 49.0 Å². The van der Waals surface area contributed by atoms with Gasteiger partial charge < -0.3 is 10.4 Å². The fraction of sp³-hybridized carbons (Fsp3) is 0.467. The third-order valence-electron chi connectivity index (χ3n) is 3.95. The molecular weight excluding hydrogens is 313 g/mol. The van der Waals surface area contributed by atoms with E-state index in [9.17, 15) is 14.7 Å². The van der Waals surface area contributed by atoms with Crippen LogP contribution in [0, 0.1) is 5.92 Å². The summed E-state index contributed by atoms with van der Waals surface area (Å²) >= 11 is 12.0. The van der Waals surface area contributed by atoms with Crippen molar-refractivity contribution in [3.63, 3.8) is 0 Å². The van der Waals surface area contributed by atoms with Gasteiger partial charge in [0.15, 0.2) is 0 Å². The zero-order chi connectivity index (χ0) is 15.6. The van der Waals surface area contributed by atoms with Gasteiger partial charge in [-0.3, -0.25) is 4.79 Å². The predicted molar refractivity (Wildman–Crippen MR) is 81.9 cm³/mol. The van der Waals surface area contributed by atoms with E-state index < -0.39 is 17.4 Å². The lowest BCUT2D eigenvalue weighted by Crippen LogP contribution is -2.56. The van der Waals surface area contributed by atoms with E-state index >= 15 is 0 Å². The van der Waals surface area contributed by atoms with Gasteiger partial charge in [0, 0.05) is 0 Å². The van der Waals surface area contributed by atoms with Crippen LogP contribution < -0.4 is 5.32 Å². The molecule has 6 heteroatoms. The van der Waals surface area contributed by atoms with Crippen molar-refractivity contribution in [2.75, 3.05) is 0 Å². The molecule has 4 nitrogen and oxygen atoms in total. The molecule has 114 valence electrons. The molecule has 0 heterocycles. The molecule has 0 aromatic heterocycles. The van der Waals surface area contributed by atoms with Crippen LogP contribution in [0.2, 0.25) is 10.0 Å². The number of hydrogen-bond acceptors (Lipinski definition) is 2. The fourth-order valence-electron chi connectivity index (χ4n) is 2.91. The summed E-state index contributed by atoms with van der Waals surface area (Å²) < 4.78 is 0. The van der Waals surface area contributed by atoms with Crippen LogP contribution in [0.15, 0.2) is 18.2 Å². The molecule has 2 rings (SSSR count). The molecule has 0 spiro atoms. The maximum absolute atomic E-state index is 12.4. The second kappa shape index (κ2) is 6.24. The van der Waals surface area contributed by atoms with Gasteiger partial charge in [-0.15, -0.1) is 0 Å². The van der Waals surface area contributed by atoms with Crippen LogP contribution in [0.4, 0.5) is 0 Å². The van der Waals surface area contributed by atoms with Gasteiger partial charge in [-0.2, -0.15) is 0 Å². The van der Waals surface area contributed by atoms with Gasteiger partial charge >= 0.3 is 5.97 Å². The first-order valence-electron chi connectivity index (χ1n) is 6.85. The van der Waals surface area contributed by atoms with E-state index in [0.717, 1.165) is 12.8 Å². The Kier molecular flexibility index (Phi) is 4.79. The number of hydrogen-bond donors (Lipinski definition) is 2. The number of carbonyl (C=O) groups excluding carboxylic acids is 1. The summed E-state index contributed by atoms with van der Waals surface area (Å²) in [6.07, 6.45) is 2.57. The number of carboxylic acids is 1. The molecule has 21 heavy (non-hydrogen) atoms. The number of rotatable bonds is 3. The monoisotopic (exact) mass is 329 g/mol. The molecule has 2 unspecified atom stereocenters. The van der Waals surface area contributed by atoms with E-state index in [0.29, 0.717) is 12.8 Å². The largest absolute Gasteiger partial charge is 0.480 e. The Morgan fingerprint density at radius 2 is 1.95 bits per heavy atom. The Morgan fingerprint density at radius 1 is 1.33 bits per heavy atom. The maximum Gasteiger partial charge on any atom is 0.329 e. The molecule has 1 aromatic carbocycles. The van der Waals surface area contributed by atoms with Gasteiger partial charge in [0.25, 0.3) is 5.91 Å². The van der Waals surface area contributed by atoms with Crippen LogP contribution in [0.3, 0.4) is 0 Å². The Balaban J connectivity index is 2.29. The van der Waals surface area contributed by atoms with Crippen molar-refractivity contribution in [2.45, 2.75) is 38.1 Å². The minimum atomic E-state index is -1.24. The van der Waals surface area contributed by atoms with E-state index in [1.807, 2.05) is 6.92 Å². The van der Waals surface area contributed by atoms with E-state index in [4.69, 9.17) is 23.2 Å². The standard InChI is InChI=1S/C15H17Cl2NO3/c1-9-4-3-7-15(8-9,14(20)21)18-13(19)12-10(16)5-2-6-11(12)17/h2,5-6,9H,3-4,7-8H2,1H3,(H,18,19)(H,20,21). The number of aliphatic carboxylic acids is 1. The Morgan fingerprint density at radius 3 is 2.48 bits per heavy atom. The molecular formula is C15H17Cl2NO3. The first kappa shape index (κ1) is 16.1. The van der Waals surface area contributed by atoms with Crippen molar-refractivity contribution in [3.8, 4) is 0 Å². The van der Waals surface area contributed by atoms with Crippen molar-refractivity contribution in [3.05, 3.63) is 33.8 Å². The van der Waals surface area contributed by atoms with Gasteiger partial charge in [0.05, 0.1) is 15.6 Å². The summed E-state index contributed by atoms with van der Waals surface area (Å²) in [5, 5.41) is 12.6. The molecule has 2 atom stereocenters. The number of halogens is 2. The third-order valence-corrected chi connectivity index (χ3v) is 4.58. The molecule has 0 bridgehead atoms. The lowest BCUT2D eigenvalue weighted by atomic mass is 9.76. The zero-order valence-corrected chi connectivity index (χ0v) is 13.2. The number of carbonyl (C=O) groups is 2. The molecule has 1 saturated carbocycles. The molecule has 1 amide bonds. The van der Waals surface area contributed by atoms with E-state index in [-0.39, 0.29) is 21.5 Å². The predicted octanol–water partition coefficient (Wildman–Crippen LogP) is 3.76. The molecule has 1 fully saturated rings. The lowest BCUT2D eigenvalue weighted by Gasteiger charge is -2.37. The van der Waals surface area contributed by atoms with Crippen LogP contribution in [0.25, 0.3) is 0 Å². The van der Waals surface area contributed by atoms with Gasteiger partial charge in [0.1, 0.15) is 5.54 Å². The van der Waals surface area contributed by atoms with Crippen LogP contribution in [0.5, 0.6) is 0 Å². The normalized spacial score (nSPS) is 25.4. The van der Waals surface area contributed by atoms with E-state index in [1.54, 1.807) is 18.2 Å². The second-order valence-corrected chi connectivity index (χ2v) is 6.45. The molecule has 1 aliphatic carbocycles. The highest BCUT2D eigenvalue weighted by molar-refractivity contribution is 6.39. The van der Waals surface area contributed by atoms with Gasteiger partial charge in [0.2, 0.25) is 0 Å². The summed E-state index contributed by atoms with van der Waals surface area (Å²) in [4.78, 5) is 24.1. The fourth-order valence-corrected chi connectivity index (χ4v) is 3.48. The van der Waals surface area contributed by atoms with Gasteiger partial charge in [-0.05, 0) is 30.9 Å². The number of nitrogens with one attached hydrogen (secondary N) is 1. The zero-order valence-electron chi connectivity index (χ0n) is 11.7. The van der Waals surface area contributed by atoms with E-state index in [1.165, 1.54) is 0 Å². The Bertz CT molecular complexity index is 556. The van der Waals surface area contributed by atoms with Crippen molar-refractivity contribution in [1.29, 1.82) is 0 Å². The van der Waals surface area contributed by atoms with Gasteiger partial charge in [-0.25, -0.2) is 4.79 Å². The van der Waals surface area contributed by atoms with Crippen molar-refractivity contribution < 1.29 is 14.7 Å². The average molecular weight is 330 g/mol. The summed E-state index contributed by atoms with van der Waals surface area (Å²) in [5.74, 6) is -1.30. The Hall–Kier alpha value is -1.26. The highest BCUT2D eigenvalue weighted by atomic mass is 35.5. The lowest BCUT2D eigenvalue weighted by molar-refractivity contribution is -0.146. The topological polar surface area (TPSA) is 66.4 Å². The number of amides is 1. The number of carboxylic acid groups (broad SMARTS) is 1. The van der Waals surface area contributed by atoms with Crippen molar-refractivity contribution in [2.24, 2.45) is 5.92 Å². The summed E-state index contributed by atoms with van der Waals surface area (Å²) in [7, 11) is 0. The van der Waals surface area contributed by atoms with Crippen LogP contribution >= 0.6 is 23.2 Å². The smallest absolute Gasteiger partial charge is 0.329 e. The molecule has 0 radical (unpaired) electrons. The molecule has 0 saturated heterocycles. The summed E-state index contributed by atoms with van der Waals surface area (Å²) in [6, 6.07) is 4.75. The van der Waals surface area contributed by atoms with Crippen LogP contribution in [-0.4, -0.2) is 22.5 Å². The van der Waals surface area contributed by atoms with E-state index in [2.05, 4.69) is 5.32 Å². The first-order valence-corrected chi connectivity index (χ1v) is 7.61. The minimum Gasteiger partial charge on any atom is -0.480 e. The molecule has 2 N–H and O–H groups in total.